The van der Waals surface area contributed by atoms with Crippen molar-refractivity contribution in [1.29, 1.82) is 0 Å². The van der Waals surface area contributed by atoms with Gasteiger partial charge in [-0.25, -0.2) is 0 Å². The summed E-state index contributed by atoms with van der Waals surface area (Å²) < 4.78 is 5.56. The molecule has 0 amide bonds. The van der Waals surface area contributed by atoms with Crippen LogP contribution >= 0.6 is 0 Å². The lowest BCUT2D eigenvalue weighted by Gasteiger charge is -2.39. The summed E-state index contributed by atoms with van der Waals surface area (Å²) in [6.45, 7) is 7.82. The monoisotopic (exact) mass is 316 g/mol. The predicted octanol–water partition coefficient (Wildman–Crippen LogP) is 3.70. The lowest BCUT2D eigenvalue weighted by molar-refractivity contribution is 0.00279. The molecule has 2 saturated heterocycles. The van der Waals surface area contributed by atoms with E-state index in [-0.39, 0.29) is 0 Å². The molecule has 1 aromatic carbocycles. The standard InChI is InChI=1S/C20H32N2O/c1-20(10-13-23-14-11-20)16-22-12-4-5-19(22)18-8-6-17(7-9-18)15-21(2)3/h6-9,19H,4-5,10-16H2,1-3H3. The van der Waals surface area contributed by atoms with Gasteiger partial charge in [-0.2, -0.15) is 0 Å². The first-order chi connectivity index (χ1) is 11.1. The SMILES string of the molecule is CN(C)Cc1ccc(C2CCCN2CC2(C)CCOCC2)cc1. The Kier molecular flexibility index (Phi) is 5.40. The zero-order chi connectivity index (χ0) is 16.3. The Morgan fingerprint density at radius 2 is 1.87 bits per heavy atom. The van der Waals surface area contributed by atoms with E-state index < -0.39 is 0 Å². The molecule has 128 valence electrons. The number of nitrogens with zero attached hydrogens (tertiary/aromatic N) is 2. The predicted molar refractivity (Wildman–Crippen MR) is 95.5 cm³/mol. The maximum Gasteiger partial charge on any atom is 0.0471 e. The molecular weight excluding hydrogens is 284 g/mol. The number of hydrogen-bond acceptors (Lipinski definition) is 3. The summed E-state index contributed by atoms with van der Waals surface area (Å²) in [5.41, 5.74) is 3.34. The fourth-order valence-electron chi connectivity index (χ4n) is 4.12. The minimum Gasteiger partial charge on any atom is -0.381 e. The smallest absolute Gasteiger partial charge is 0.0471 e. The summed E-state index contributed by atoms with van der Waals surface area (Å²) in [6.07, 6.45) is 5.05. The van der Waals surface area contributed by atoms with Crippen LogP contribution in [-0.2, 0) is 11.3 Å². The molecule has 1 atom stereocenters. The highest BCUT2D eigenvalue weighted by molar-refractivity contribution is 5.26. The molecule has 0 saturated carbocycles. The van der Waals surface area contributed by atoms with Crippen molar-refractivity contribution < 1.29 is 4.74 Å². The van der Waals surface area contributed by atoms with Gasteiger partial charge in [-0.15, -0.1) is 0 Å². The van der Waals surface area contributed by atoms with Gasteiger partial charge >= 0.3 is 0 Å². The molecule has 23 heavy (non-hydrogen) atoms. The van der Waals surface area contributed by atoms with Crippen LogP contribution in [0.5, 0.6) is 0 Å². The van der Waals surface area contributed by atoms with Gasteiger partial charge in [0.05, 0.1) is 0 Å². The van der Waals surface area contributed by atoms with Crippen molar-refractivity contribution in [1.82, 2.24) is 9.80 Å². The first-order valence-electron chi connectivity index (χ1n) is 9.11. The van der Waals surface area contributed by atoms with Crippen molar-refractivity contribution in [3.63, 3.8) is 0 Å². The highest BCUT2D eigenvalue weighted by atomic mass is 16.5. The van der Waals surface area contributed by atoms with E-state index in [9.17, 15) is 0 Å². The second kappa shape index (κ2) is 7.33. The van der Waals surface area contributed by atoms with Gasteiger partial charge in [-0.3, -0.25) is 4.90 Å². The summed E-state index contributed by atoms with van der Waals surface area (Å²) in [4.78, 5) is 4.95. The molecule has 2 fully saturated rings. The summed E-state index contributed by atoms with van der Waals surface area (Å²) in [6, 6.07) is 9.94. The molecule has 2 aliphatic heterocycles. The summed E-state index contributed by atoms with van der Waals surface area (Å²) in [5.74, 6) is 0. The maximum atomic E-state index is 5.56. The van der Waals surface area contributed by atoms with Gasteiger partial charge in [0.1, 0.15) is 0 Å². The lowest BCUT2D eigenvalue weighted by Crippen LogP contribution is -2.39. The first kappa shape index (κ1) is 16.9. The number of ether oxygens (including phenoxy) is 1. The minimum absolute atomic E-state index is 0.436. The van der Waals surface area contributed by atoms with Crippen LogP contribution in [-0.4, -0.2) is 50.2 Å². The average molecular weight is 316 g/mol. The molecule has 0 aliphatic carbocycles. The Morgan fingerprint density at radius 1 is 1.17 bits per heavy atom. The van der Waals surface area contributed by atoms with Gasteiger partial charge in [0.15, 0.2) is 0 Å². The molecule has 0 aromatic heterocycles. The van der Waals surface area contributed by atoms with Crippen LogP contribution in [0.15, 0.2) is 24.3 Å². The molecule has 1 aromatic rings. The molecule has 2 aliphatic rings. The average Bonchev–Trinajstić information content (AvgIpc) is 2.95. The molecule has 0 spiro atoms. The normalized spacial score (nSPS) is 25.1. The van der Waals surface area contributed by atoms with Crippen LogP contribution in [0.1, 0.15) is 49.8 Å². The Morgan fingerprint density at radius 3 is 2.52 bits per heavy atom. The van der Waals surface area contributed by atoms with E-state index in [1.165, 1.54) is 49.9 Å². The van der Waals surface area contributed by atoms with Crippen LogP contribution in [0, 0.1) is 5.41 Å². The quantitative estimate of drug-likeness (QED) is 0.824. The van der Waals surface area contributed by atoms with E-state index in [2.05, 4.69) is 55.1 Å². The zero-order valence-electron chi connectivity index (χ0n) is 15.1. The number of benzene rings is 1. The lowest BCUT2D eigenvalue weighted by atomic mass is 9.81. The van der Waals surface area contributed by atoms with E-state index in [1.807, 2.05) is 0 Å². The Labute approximate surface area is 141 Å². The van der Waals surface area contributed by atoms with Crippen molar-refractivity contribution in [2.45, 2.75) is 45.2 Å². The second-order valence-corrected chi connectivity index (χ2v) is 8.03. The number of rotatable bonds is 5. The number of hydrogen-bond donors (Lipinski definition) is 0. The van der Waals surface area contributed by atoms with Gasteiger partial charge in [0.2, 0.25) is 0 Å². The zero-order valence-corrected chi connectivity index (χ0v) is 15.1. The van der Waals surface area contributed by atoms with Crippen molar-refractivity contribution in [2.24, 2.45) is 5.41 Å². The topological polar surface area (TPSA) is 15.7 Å². The maximum absolute atomic E-state index is 5.56. The van der Waals surface area contributed by atoms with Gasteiger partial charge < -0.3 is 9.64 Å². The van der Waals surface area contributed by atoms with Crippen molar-refractivity contribution >= 4 is 0 Å². The van der Waals surface area contributed by atoms with E-state index in [0.29, 0.717) is 11.5 Å². The van der Waals surface area contributed by atoms with Crippen LogP contribution < -0.4 is 0 Å². The molecule has 0 radical (unpaired) electrons. The minimum atomic E-state index is 0.436. The first-order valence-corrected chi connectivity index (χ1v) is 9.11. The van der Waals surface area contributed by atoms with Gasteiger partial charge in [-0.05, 0) is 62.9 Å². The number of likely N-dealkylation sites (tertiary alicyclic amines) is 1. The van der Waals surface area contributed by atoms with E-state index in [4.69, 9.17) is 4.74 Å². The second-order valence-electron chi connectivity index (χ2n) is 8.03. The molecule has 0 N–H and O–H groups in total. The highest BCUT2D eigenvalue weighted by Crippen LogP contribution is 2.38. The van der Waals surface area contributed by atoms with Gasteiger partial charge in [-0.1, -0.05) is 31.2 Å². The fourth-order valence-corrected chi connectivity index (χ4v) is 4.12. The van der Waals surface area contributed by atoms with E-state index in [0.717, 1.165) is 19.8 Å². The van der Waals surface area contributed by atoms with Crippen molar-refractivity contribution in [3.8, 4) is 0 Å². The Balaban J connectivity index is 1.66. The van der Waals surface area contributed by atoms with Crippen LogP contribution in [0.3, 0.4) is 0 Å². The van der Waals surface area contributed by atoms with E-state index >= 15 is 0 Å². The van der Waals surface area contributed by atoms with Crippen molar-refractivity contribution in [3.05, 3.63) is 35.4 Å². The summed E-state index contributed by atoms with van der Waals surface area (Å²) in [5, 5.41) is 0. The largest absolute Gasteiger partial charge is 0.381 e. The van der Waals surface area contributed by atoms with Crippen molar-refractivity contribution in [2.75, 3.05) is 40.4 Å². The highest BCUT2D eigenvalue weighted by Gasteiger charge is 2.34. The molecular formula is C20H32N2O. The summed E-state index contributed by atoms with van der Waals surface area (Å²) >= 11 is 0. The molecule has 2 heterocycles. The molecule has 3 rings (SSSR count). The van der Waals surface area contributed by atoms with Crippen LogP contribution in [0.4, 0.5) is 0 Å². The molecule has 3 heteroatoms. The fraction of sp³-hybridized carbons (Fsp3) is 0.700. The molecule has 0 bridgehead atoms. The van der Waals surface area contributed by atoms with Gasteiger partial charge in [0, 0.05) is 32.3 Å². The molecule has 3 nitrogen and oxygen atoms in total. The van der Waals surface area contributed by atoms with E-state index in [1.54, 1.807) is 0 Å². The molecule has 1 unspecified atom stereocenters. The Bertz CT molecular complexity index is 491. The Hall–Kier alpha value is -0.900. The van der Waals surface area contributed by atoms with Gasteiger partial charge in [0.25, 0.3) is 0 Å². The van der Waals surface area contributed by atoms with Crippen LogP contribution in [0.25, 0.3) is 0 Å². The third kappa shape index (κ3) is 4.34. The van der Waals surface area contributed by atoms with Crippen LogP contribution in [0.2, 0.25) is 0 Å². The third-order valence-electron chi connectivity index (χ3n) is 5.51. The third-order valence-corrected chi connectivity index (χ3v) is 5.51. The summed E-state index contributed by atoms with van der Waals surface area (Å²) in [7, 11) is 4.25.